The minimum absolute atomic E-state index is 0. The van der Waals surface area contributed by atoms with Gasteiger partial charge in [-0.25, -0.2) is 4.85 Å². The van der Waals surface area contributed by atoms with Gasteiger partial charge in [-0.15, -0.1) is 9.98 Å². The van der Waals surface area contributed by atoms with Crippen molar-refractivity contribution in [3.05, 3.63) is 206 Å². The molecule has 16 rings (SSSR count). The zero-order valence-electron chi connectivity index (χ0n) is 70.9. The van der Waals surface area contributed by atoms with Crippen molar-refractivity contribution in [1.82, 2.24) is 20.9 Å². The molecule has 12 amide bonds. The first-order valence-electron chi connectivity index (χ1n) is 42.7. The molecule has 1 aliphatic carbocycles. The number of hydrogen-bond donors (Lipinski definition) is 7. The zero-order valence-corrected chi connectivity index (χ0v) is 70.9. The maximum Gasteiger partial charge on any atom is 0.346 e. The second-order valence-corrected chi connectivity index (χ2v) is 34.4. The van der Waals surface area contributed by atoms with Crippen LogP contribution >= 0.6 is 0 Å². The number of nitrogens with one attached hydrogen (secondary N) is 7. The van der Waals surface area contributed by atoms with Gasteiger partial charge in [-0.2, -0.15) is 4.85 Å². The summed E-state index contributed by atoms with van der Waals surface area (Å²) in [6.07, 6.45) is 19.7. The number of hydrogen-bond acceptors (Lipinski definition) is 19. The smallest absolute Gasteiger partial charge is 0.346 e. The van der Waals surface area contributed by atoms with E-state index in [4.69, 9.17) is 30.7 Å². The van der Waals surface area contributed by atoms with Gasteiger partial charge in [0.05, 0.1) is 58.6 Å². The summed E-state index contributed by atoms with van der Waals surface area (Å²) < 4.78 is 5.27. The number of allylic oxidation sites excluding steroid dienone is 4. The molecule has 8 saturated heterocycles. The van der Waals surface area contributed by atoms with Gasteiger partial charge in [0.25, 0.3) is 35.3 Å². The number of nitrogens with zero attached hydrogens (tertiary/aromatic N) is 11. The summed E-state index contributed by atoms with van der Waals surface area (Å²) in [7, 11) is 1.52. The molecule has 8 fully saturated rings. The van der Waals surface area contributed by atoms with Crippen LogP contribution in [0.5, 0.6) is 0 Å². The van der Waals surface area contributed by atoms with Gasteiger partial charge < -0.3 is 55.0 Å². The maximum absolute atomic E-state index is 12.8. The first-order valence-corrected chi connectivity index (χ1v) is 42.7. The van der Waals surface area contributed by atoms with Gasteiger partial charge in [0.2, 0.25) is 47.3 Å². The van der Waals surface area contributed by atoms with Crippen LogP contribution in [0.1, 0.15) is 242 Å². The Kier molecular flexibility index (Phi) is 34.1. The second-order valence-electron chi connectivity index (χ2n) is 34.4. The zero-order chi connectivity index (χ0) is 88.8. The van der Waals surface area contributed by atoms with Crippen molar-refractivity contribution < 1.29 is 62.0 Å². The molecule has 0 unspecified atom stereocenters. The maximum atomic E-state index is 12.8. The van der Waals surface area contributed by atoms with E-state index in [-0.39, 0.29) is 198 Å². The number of anilines is 8. The Bertz CT molecular complexity index is 5300. The highest BCUT2D eigenvalue weighted by atomic mass is 16.4. The van der Waals surface area contributed by atoms with E-state index in [9.17, 15) is 57.5 Å². The van der Waals surface area contributed by atoms with E-state index in [1.165, 1.54) is 30.5 Å². The van der Waals surface area contributed by atoms with Gasteiger partial charge in [-0.05, 0) is 170 Å². The van der Waals surface area contributed by atoms with Crippen LogP contribution in [0.4, 0.5) is 51.4 Å². The molecule has 0 spiro atoms. The molecule has 0 atom stereocenters. The van der Waals surface area contributed by atoms with Crippen molar-refractivity contribution in [2.75, 3.05) is 100 Å². The van der Waals surface area contributed by atoms with Crippen molar-refractivity contribution >= 4 is 134 Å². The fourth-order valence-electron chi connectivity index (χ4n) is 17.1. The van der Waals surface area contributed by atoms with E-state index in [1.807, 2.05) is 72.8 Å². The summed E-state index contributed by atoms with van der Waals surface area (Å²) in [6.45, 7) is 44.2. The molecule has 678 valence electrons. The Labute approximate surface area is 755 Å². The third-order valence-electron chi connectivity index (χ3n) is 24.8. The van der Waals surface area contributed by atoms with Gasteiger partial charge in [-0.3, -0.25) is 78.4 Å². The molecule has 1 aromatic heterocycles. The summed E-state index contributed by atoms with van der Waals surface area (Å²) >= 11 is 0. The van der Waals surface area contributed by atoms with Crippen LogP contribution in [0, 0.1) is 43.5 Å². The lowest BCUT2D eigenvalue weighted by Gasteiger charge is -2.39. The Morgan fingerprint density at radius 1 is 0.419 bits per heavy atom. The quantitative estimate of drug-likeness (QED) is 0.0356. The number of likely N-dealkylation sites (tertiary alicyclic amines) is 1. The fourth-order valence-corrected chi connectivity index (χ4v) is 17.1. The van der Waals surface area contributed by atoms with E-state index in [0.717, 1.165) is 149 Å². The number of piperidine rings is 8. The number of imide groups is 4. The monoisotopic (exact) mass is 1750 g/mol. The molecule has 0 bridgehead atoms. The van der Waals surface area contributed by atoms with Gasteiger partial charge in [0, 0.05) is 153 Å². The molecule has 31 nitrogen and oxygen atoms in total. The van der Waals surface area contributed by atoms with Crippen LogP contribution in [0.25, 0.3) is 19.4 Å². The number of amides is 12. The van der Waals surface area contributed by atoms with Crippen LogP contribution in [0.15, 0.2) is 147 Å². The largest absolute Gasteiger partial charge is 0.475 e. The highest BCUT2D eigenvalue weighted by molar-refractivity contribution is 6.45. The average molecular weight is 1760 g/mol. The molecule has 129 heavy (non-hydrogen) atoms. The normalized spacial score (nSPS) is 19.0. The van der Waals surface area contributed by atoms with Crippen molar-refractivity contribution in [1.29, 1.82) is 0 Å². The molecule has 11 heterocycles. The molecule has 7 N–H and O–H groups in total. The average Bonchev–Trinajstić information content (AvgIpc) is 1.60. The summed E-state index contributed by atoms with van der Waals surface area (Å²) in [5.74, 6) is -1.87. The van der Waals surface area contributed by atoms with Crippen LogP contribution in [-0.2, 0) is 52.7 Å². The summed E-state index contributed by atoms with van der Waals surface area (Å²) in [4.78, 5) is 178. The van der Waals surface area contributed by atoms with E-state index >= 15 is 0 Å². The highest BCUT2D eigenvalue weighted by Crippen LogP contribution is 2.43. The van der Waals surface area contributed by atoms with Crippen molar-refractivity contribution in [2.45, 2.75) is 209 Å². The Morgan fingerprint density at radius 2 is 0.767 bits per heavy atom. The first kappa shape index (κ1) is 98.8. The van der Waals surface area contributed by atoms with Crippen LogP contribution in [0.3, 0.4) is 0 Å². The Hall–Kier alpha value is -13.9. The topological polar surface area (TPSA) is 361 Å². The van der Waals surface area contributed by atoms with E-state index in [1.54, 1.807) is 24.3 Å². The molecular formula is C98H118N18O13. The lowest BCUT2D eigenvalue weighted by atomic mass is 9.82. The lowest BCUT2D eigenvalue weighted by Crippen LogP contribution is -2.40. The molecular weight excluding hydrogens is 1640 g/mol. The highest BCUT2D eigenvalue weighted by Gasteiger charge is 2.37. The number of rotatable bonds is 16. The summed E-state index contributed by atoms with van der Waals surface area (Å²) in [5, 5.41) is 18.9. The van der Waals surface area contributed by atoms with Crippen molar-refractivity contribution in [3.63, 3.8) is 0 Å². The lowest BCUT2D eigenvalue weighted by molar-refractivity contribution is -0.147. The predicted octanol–water partition coefficient (Wildman–Crippen LogP) is 16.4. The Balaban J connectivity index is 0.000000192. The van der Waals surface area contributed by atoms with Crippen molar-refractivity contribution in [3.8, 4) is 0 Å². The number of carbonyl (C=O) groups is 12. The van der Waals surface area contributed by atoms with Crippen LogP contribution in [-0.4, -0.2) is 147 Å². The third-order valence-corrected chi connectivity index (χ3v) is 24.8. The van der Waals surface area contributed by atoms with E-state index < -0.39 is 5.91 Å². The van der Waals surface area contributed by atoms with E-state index in [0.29, 0.717) is 76.5 Å². The summed E-state index contributed by atoms with van der Waals surface area (Å²) in [6, 6.07) is 25.9. The summed E-state index contributed by atoms with van der Waals surface area (Å²) in [5.41, 5.74) is 12.0. The minimum atomic E-state index is -0.430. The standard InChI is InChI=1S/C25H28N4O4.C24H26N4O3.C23H25N5O3.C22H23N5O3.4CH4/c1-25(2)9-11-29(12-10-25)19-13-16(17-14-22(30)28(4)23(31)15-17)5-6-18(19)27-24(32)20-7-8-21(26-3)33-20;1-15-7-9-28(10-8-15)21-12-16(18-13-22(29)27-23(30)14-18)4-6-20(21)26-24(31)17-3-5-19(11-17)25-2;1-14-7-9-28(10-8-14)19-11-15(16-12-21(29)27-22(30)13-16)3-4-17(19)26-23(31)18-5-6-20(24-2)25-18;1-23-19-8-7-17(24-19)22(30)25-16-6-5-14(15-12-20(28)26-21(29)13-15)11-18(16)27-9-3-2-4-10-27;;;;/h5-8,13,17H,9-12,14-15H2,1-2,4H3,(H,27,32);4-6,11-12,15,18H,3,7-10,13-14H2,1H3,(H,26,31)(H,27,29,30);3-4,6,11,14,16H,5,7-10,12-13H2,1H3,(H,26,31)(H,27,29,30);5-6,8,11,15H,2-4,7,9-10,12-13H2,(H,25,30)(H,26,28,29);4*1H4. The number of carbonyl (C=O) groups excluding carboxylic acids is 12. The van der Waals surface area contributed by atoms with Gasteiger partial charge in [0.1, 0.15) is 0 Å². The second kappa shape index (κ2) is 44.5. The number of furan rings is 1. The molecule has 11 aliphatic rings. The molecule has 5 aromatic rings. The van der Waals surface area contributed by atoms with Crippen LogP contribution < -0.4 is 56.8 Å². The van der Waals surface area contributed by atoms with E-state index in [2.05, 4.69) is 114 Å². The molecule has 4 aromatic carbocycles. The molecule has 31 heteroatoms. The number of aliphatic imine (C=N–C) groups is 2. The Morgan fingerprint density at radius 3 is 1.11 bits per heavy atom. The van der Waals surface area contributed by atoms with Gasteiger partial charge in [0.15, 0.2) is 22.9 Å². The van der Waals surface area contributed by atoms with Crippen molar-refractivity contribution in [2.24, 2.45) is 27.2 Å². The third kappa shape index (κ3) is 25.3. The fraction of sp³-hybridized carbons (Fsp3) is 0.449. The minimum Gasteiger partial charge on any atom is -0.475 e. The molecule has 10 aliphatic heterocycles. The predicted molar refractivity (Wildman–Crippen MR) is 500 cm³/mol. The first-order chi connectivity index (χ1) is 60.0. The molecule has 0 radical (unpaired) electrons. The molecule has 0 saturated carbocycles. The van der Waals surface area contributed by atoms with Gasteiger partial charge in [-0.1, -0.05) is 113 Å². The SMILES string of the molecule is C.C.C.C.[C-]#[N+]C1=CCC(C(=O)Nc2ccc(C3CC(=O)NC(=O)C3)cc2N2CCC(C)CC2)=C1.[C-]#[N+]C1=CCC(C(=O)Nc2ccc(C3CC(=O)NC(=O)C3)cc2N2CCC(C)CC2)=N1.[C-]#[N+]C1=CCC(C(=O)Nc2ccc(C3CC(=O)NC(=O)C3)cc2N2CCCCC2)=N1.[C-]#[N+]c1ccc(C(=O)Nc2ccc(C3CC(=O)N(C)C(=O)C3)cc2N2CCC(C)(C)CC2)o1. The van der Waals surface area contributed by atoms with Gasteiger partial charge >= 0.3 is 5.88 Å². The van der Waals surface area contributed by atoms with Crippen LogP contribution in [0.2, 0.25) is 0 Å². The number of benzene rings is 4.